The Morgan fingerprint density at radius 2 is 2.00 bits per heavy atom. The largest absolute Gasteiger partial charge is 0.481 e. The lowest BCUT2D eigenvalue weighted by Gasteiger charge is -2.16. The lowest BCUT2D eigenvalue weighted by molar-refractivity contribution is -0.142. The van der Waals surface area contributed by atoms with Crippen molar-refractivity contribution in [1.82, 2.24) is 4.57 Å². The van der Waals surface area contributed by atoms with Gasteiger partial charge in [-0.15, -0.1) is 11.3 Å². The summed E-state index contributed by atoms with van der Waals surface area (Å²) in [5.41, 5.74) is 7.71. The molecule has 0 radical (unpaired) electrons. The zero-order valence-electron chi connectivity index (χ0n) is 18.1. The number of aromatic nitrogens is 1. The van der Waals surface area contributed by atoms with Crippen LogP contribution in [0.25, 0.3) is 21.3 Å². The Labute approximate surface area is 199 Å². The summed E-state index contributed by atoms with van der Waals surface area (Å²) in [6.45, 7) is 2.86. The first kappa shape index (κ1) is 21.3. The van der Waals surface area contributed by atoms with Crippen molar-refractivity contribution in [3.05, 3.63) is 74.7 Å². The van der Waals surface area contributed by atoms with Crippen LogP contribution in [0.15, 0.2) is 52.3 Å². The van der Waals surface area contributed by atoms with Gasteiger partial charge in [-0.25, -0.2) is 4.79 Å². The van der Waals surface area contributed by atoms with E-state index < -0.39 is 0 Å². The molecule has 0 saturated heterocycles. The molecule has 0 unspecified atom stereocenters. The van der Waals surface area contributed by atoms with E-state index in [0.717, 1.165) is 40.7 Å². The van der Waals surface area contributed by atoms with Gasteiger partial charge in [0.2, 0.25) is 0 Å². The molecule has 0 fully saturated rings. The Morgan fingerprint density at radius 3 is 2.78 bits per heavy atom. The number of benzene rings is 2. The van der Waals surface area contributed by atoms with Gasteiger partial charge < -0.3 is 14.0 Å². The molecule has 2 aromatic carbocycles. The van der Waals surface area contributed by atoms with E-state index in [2.05, 4.69) is 76.0 Å². The van der Waals surface area contributed by atoms with Crippen LogP contribution in [0, 0.1) is 6.92 Å². The fourth-order valence-corrected chi connectivity index (χ4v) is 6.12. The summed E-state index contributed by atoms with van der Waals surface area (Å²) in [7, 11) is 1.38. The summed E-state index contributed by atoms with van der Waals surface area (Å²) in [5, 5.41) is 1.07. The zero-order chi connectivity index (χ0) is 22.2. The molecule has 2 heterocycles. The van der Waals surface area contributed by atoms with Gasteiger partial charge in [0.1, 0.15) is 5.75 Å². The molecule has 0 atom stereocenters. The van der Waals surface area contributed by atoms with Crippen LogP contribution in [-0.4, -0.2) is 24.3 Å². The first-order chi connectivity index (χ1) is 15.5. The summed E-state index contributed by atoms with van der Waals surface area (Å²) < 4.78 is 14.2. The number of nitrogens with zero attached hydrogens (tertiary/aromatic N) is 1. The van der Waals surface area contributed by atoms with Crippen LogP contribution in [0.3, 0.4) is 0 Å². The number of fused-ring (bicyclic) bond motifs is 3. The Morgan fingerprint density at radius 1 is 1.16 bits per heavy atom. The number of carbonyl (C=O) groups excluding carboxylic acids is 1. The summed E-state index contributed by atoms with van der Waals surface area (Å²) in [5.74, 6) is 0.397. The van der Waals surface area contributed by atoms with Crippen molar-refractivity contribution in [1.29, 1.82) is 0 Å². The summed E-state index contributed by atoms with van der Waals surface area (Å²) >= 11 is 5.35. The molecule has 0 spiro atoms. The van der Waals surface area contributed by atoms with E-state index in [1.165, 1.54) is 45.5 Å². The molecule has 0 amide bonds. The number of hydrogen-bond donors (Lipinski definition) is 0. The minimum absolute atomic E-state index is 0.0787. The van der Waals surface area contributed by atoms with Gasteiger partial charge in [0.15, 0.2) is 6.61 Å². The molecule has 164 valence electrons. The number of hydrogen-bond acceptors (Lipinski definition) is 4. The van der Waals surface area contributed by atoms with Crippen molar-refractivity contribution >= 4 is 44.1 Å². The number of ether oxygens (including phenoxy) is 2. The molecular weight excluding hydrogens is 486 g/mol. The molecule has 1 aliphatic carbocycles. The third-order valence-electron chi connectivity index (χ3n) is 6.18. The maximum Gasteiger partial charge on any atom is 0.343 e. The lowest BCUT2D eigenvalue weighted by Crippen LogP contribution is -2.13. The van der Waals surface area contributed by atoms with Crippen molar-refractivity contribution < 1.29 is 14.3 Å². The maximum atomic E-state index is 11.7. The summed E-state index contributed by atoms with van der Waals surface area (Å²) in [6, 6.07) is 17.2. The Balaban J connectivity index is 1.61. The fraction of sp³-hybridized carbons (Fsp3) is 0.269. The van der Waals surface area contributed by atoms with Gasteiger partial charge in [-0.05, 0) is 88.6 Å². The van der Waals surface area contributed by atoms with E-state index >= 15 is 0 Å². The molecule has 0 aliphatic heterocycles. The first-order valence-corrected chi connectivity index (χ1v) is 12.3. The van der Waals surface area contributed by atoms with Gasteiger partial charge in [0.25, 0.3) is 0 Å². The highest BCUT2D eigenvalue weighted by Crippen LogP contribution is 2.40. The fourth-order valence-electron chi connectivity index (χ4n) is 4.67. The molecule has 32 heavy (non-hydrogen) atoms. The van der Waals surface area contributed by atoms with Gasteiger partial charge >= 0.3 is 5.97 Å². The smallest absolute Gasteiger partial charge is 0.343 e. The van der Waals surface area contributed by atoms with Crippen LogP contribution >= 0.6 is 27.3 Å². The predicted molar refractivity (Wildman–Crippen MR) is 133 cm³/mol. The van der Waals surface area contributed by atoms with E-state index in [0.29, 0.717) is 0 Å². The van der Waals surface area contributed by atoms with Crippen molar-refractivity contribution in [2.75, 3.05) is 13.7 Å². The summed E-state index contributed by atoms with van der Waals surface area (Å²) in [6.07, 6.45) is 3.27. The normalized spacial score (nSPS) is 12.8. The predicted octanol–water partition coefficient (Wildman–Crippen LogP) is 6.53. The number of rotatable bonds is 6. The number of thiophene rings is 1. The quantitative estimate of drug-likeness (QED) is 0.277. The van der Waals surface area contributed by atoms with Crippen molar-refractivity contribution in [2.24, 2.45) is 0 Å². The molecule has 4 aromatic rings. The molecular formula is C26H24BrNO3S. The van der Waals surface area contributed by atoms with Crippen LogP contribution in [0.2, 0.25) is 0 Å². The van der Waals surface area contributed by atoms with Gasteiger partial charge in [-0.2, -0.15) is 0 Å². The minimum Gasteiger partial charge on any atom is -0.481 e. The maximum absolute atomic E-state index is 11.7. The van der Waals surface area contributed by atoms with Crippen LogP contribution in [0.5, 0.6) is 5.75 Å². The number of carbonyl (C=O) groups is 1. The van der Waals surface area contributed by atoms with E-state index in [9.17, 15) is 4.79 Å². The standard InChI is InChI=1S/C26H24BrNO3S/c1-16-12-21-22(31-15-25(29)30-2)13-17-7-5-9-20(17)26(21)28(16)14-18-6-3-4-8-19(18)23-10-11-24(27)32-23/h3-4,6,8,10-13H,5,7,9,14-15H2,1-2H3. The SMILES string of the molecule is COC(=O)COc1cc2c(c3c1cc(C)n3Cc1ccccc1-c1ccc(Br)s1)CCC2. The van der Waals surface area contributed by atoms with Crippen LogP contribution < -0.4 is 4.74 Å². The van der Waals surface area contributed by atoms with Crippen LogP contribution in [0.1, 0.15) is 28.8 Å². The molecule has 5 rings (SSSR count). The average molecular weight is 510 g/mol. The van der Waals surface area contributed by atoms with Crippen molar-refractivity contribution in [3.63, 3.8) is 0 Å². The van der Waals surface area contributed by atoms with Crippen LogP contribution in [-0.2, 0) is 28.9 Å². The Hall–Kier alpha value is -2.57. The molecule has 0 N–H and O–H groups in total. The van der Waals surface area contributed by atoms with Crippen molar-refractivity contribution in [3.8, 4) is 16.2 Å². The van der Waals surface area contributed by atoms with E-state index in [1.807, 2.05) is 0 Å². The third-order valence-corrected chi connectivity index (χ3v) is 7.84. The number of aryl methyl sites for hydroxylation is 3. The highest BCUT2D eigenvalue weighted by Gasteiger charge is 2.23. The van der Waals surface area contributed by atoms with E-state index in [1.54, 1.807) is 11.3 Å². The van der Waals surface area contributed by atoms with Gasteiger partial charge in [-0.1, -0.05) is 24.3 Å². The molecule has 6 heteroatoms. The number of halogens is 1. The van der Waals surface area contributed by atoms with E-state index in [4.69, 9.17) is 9.47 Å². The number of esters is 1. The highest BCUT2D eigenvalue weighted by molar-refractivity contribution is 9.11. The molecule has 4 nitrogen and oxygen atoms in total. The zero-order valence-corrected chi connectivity index (χ0v) is 20.5. The molecule has 0 saturated carbocycles. The Bertz CT molecular complexity index is 1320. The first-order valence-electron chi connectivity index (χ1n) is 10.7. The second-order valence-electron chi connectivity index (χ2n) is 8.13. The molecule has 1 aliphatic rings. The Kier molecular flexibility index (Phi) is 5.82. The van der Waals surface area contributed by atoms with Gasteiger partial charge in [0.05, 0.1) is 16.4 Å². The molecule has 0 bridgehead atoms. The van der Waals surface area contributed by atoms with Gasteiger partial charge in [-0.3, -0.25) is 0 Å². The monoisotopic (exact) mass is 509 g/mol. The summed E-state index contributed by atoms with van der Waals surface area (Å²) in [4.78, 5) is 12.9. The van der Waals surface area contributed by atoms with Crippen molar-refractivity contribution in [2.45, 2.75) is 32.7 Å². The van der Waals surface area contributed by atoms with Crippen LogP contribution in [0.4, 0.5) is 0 Å². The van der Waals surface area contributed by atoms with Gasteiger partial charge in [0, 0.05) is 22.5 Å². The second-order valence-corrected chi connectivity index (χ2v) is 10.6. The lowest BCUT2D eigenvalue weighted by atomic mass is 10.0. The topological polar surface area (TPSA) is 40.5 Å². The number of methoxy groups -OCH3 is 1. The molecule has 2 aromatic heterocycles. The van der Waals surface area contributed by atoms with E-state index in [-0.39, 0.29) is 12.6 Å². The second kappa shape index (κ2) is 8.75. The highest BCUT2D eigenvalue weighted by atomic mass is 79.9. The minimum atomic E-state index is -0.370. The third kappa shape index (κ3) is 3.86. The average Bonchev–Trinajstić information content (AvgIpc) is 3.51.